The molecule has 0 rings (SSSR count). The maximum atomic E-state index is 11.8. The Kier molecular flexibility index (Phi) is 11.0. The van der Waals surface area contributed by atoms with Gasteiger partial charge in [0.15, 0.2) is 0 Å². The second-order valence-electron chi connectivity index (χ2n) is 5.40. The second-order valence-corrected chi connectivity index (χ2v) is 5.40. The Labute approximate surface area is 133 Å². The normalized spacial score (nSPS) is 14.4. The van der Waals surface area contributed by atoms with Gasteiger partial charge in [-0.1, -0.05) is 40.5 Å². The van der Waals surface area contributed by atoms with Crippen LogP contribution in [0.1, 0.15) is 66.2 Å². The van der Waals surface area contributed by atoms with E-state index in [1.165, 1.54) is 0 Å². The van der Waals surface area contributed by atoms with Crippen LogP contribution >= 0.6 is 0 Å². The van der Waals surface area contributed by atoms with Crippen LogP contribution in [-0.4, -0.2) is 29.4 Å². The highest BCUT2D eigenvalue weighted by Gasteiger charge is 2.18. The maximum Gasteiger partial charge on any atom is 0.352 e. The molecule has 0 fully saturated rings. The summed E-state index contributed by atoms with van der Waals surface area (Å²) in [7, 11) is 0. The second kappa shape index (κ2) is 11.9. The molecule has 0 aromatic rings. The highest BCUT2D eigenvalue weighted by atomic mass is 16.2. The summed E-state index contributed by atoms with van der Waals surface area (Å²) < 4.78 is 0. The third kappa shape index (κ3) is 7.90. The van der Waals surface area contributed by atoms with Gasteiger partial charge in [0.25, 0.3) is 0 Å². The Bertz CT molecular complexity index is 370. The predicted octanol–water partition coefficient (Wildman–Crippen LogP) is 2.92. The number of hydrogen-bond acceptors (Lipinski definition) is 4. The van der Waals surface area contributed by atoms with Crippen molar-refractivity contribution >= 4 is 24.2 Å². The summed E-state index contributed by atoms with van der Waals surface area (Å²) in [6, 6.07) is 0. The quantitative estimate of drug-likeness (QED) is 0.382. The first-order valence-electron chi connectivity index (χ1n) is 8.22. The lowest BCUT2D eigenvalue weighted by Gasteiger charge is -2.13. The molecule has 2 unspecified atom stereocenters. The van der Waals surface area contributed by atoms with Crippen molar-refractivity contribution in [1.82, 2.24) is 5.12 Å². The van der Waals surface area contributed by atoms with Gasteiger partial charge in [0.05, 0.1) is 0 Å². The van der Waals surface area contributed by atoms with Gasteiger partial charge in [-0.3, -0.25) is 9.59 Å². The van der Waals surface area contributed by atoms with Crippen LogP contribution in [-0.2, 0) is 9.59 Å². The molecule has 0 heterocycles. The van der Waals surface area contributed by atoms with Gasteiger partial charge < -0.3 is 5.73 Å². The monoisotopic (exact) mass is 310 g/mol. The van der Waals surface area contributed by atoms with Crippen molar-refractivity contribution in [3.63, 3.8) is 0 Å². The fraction of sp³-hybridized carbons (Fsp3) is 0.750. The smallest absolute Gasteiger partial charge is 0.352 e. The van der Waals surface area contributed by atoms with Crippen molar-refractivity contribution in [2.24, 2.45) is 27.8 Å². The molecule has 0 aliphatic carbocycles. The topological polar surface area (TPSA) is 88.1 Å². The molecule has 0 aliphatic rings. The zero-order valence-corrected chi connectivity index (χ0v) is 14.3. The largest absolute Gasteiger partial charge is 0.361 e. The summed E-state index contributed by atoms with van der Waals surface area (Å²) in [4.78, 5) is 22.9. The SMILES string of the molecule is CCCC(C=NN(N=CC(CC)CCC)C(=O)C(N)=O)CC. The van der Waals surface area contributed by atoms with Crippen LogP contribution in [0.4, 0.5) is 0 Å². The maximum absolute atomic E-state index is 11.8. The lowest BCUT2D eigenvalue weighted by molar-refractivity contribution is -0.144. The summed E-state index contributed by atoms with van der Waals surface area (Å²) in [6.07, 6.45) is 9.24. The molecule has 0 saturated heterocycles. The molecule has 0 spiro atoms. The number of nitrogens with zero attached hydrogens (tertiary/aromatic N) is 3. The first-order chi connectivity index (χ1) is 10.5. The number of hydrogen-bond donors (Lipinski definition) is 1. The molecule has 0 bridgehead atoms. The Balaban J connectivity index is 5.04. The zero-order valence-electron chi connectivity index (χ0n) is 14.3. The third-order valence-corrected chi connectivity index (χ3v) is 3.53. The average molecular weight is 310 g/mol. The van der Waals surface area contributed by atoms with E-state index in [9.17, 15) is 9.59 Å². The lowest BCUT2D eigenvalue weighted by atomic mass is 10.0. The van der Waals surface area contributed by atoms with Crippen LogP contribution in [0.25, 0.3) is 0 Å². The number of primary amides is 1. The van der Waals surface area contributed by atoms with Crippen molar-refractivity contribution in [1.29, 1.82) is 0 Å². The molecule has 126 valence electrons. The molecule has 22 heavy (non-hydrogen) atoms. The van der Waals surface area contributed by atoms with Crippen LogP contribution < -0.4 is 5.73 Å². The first-order valence-corrected chi connectivity index (χ1v) is 8.22. The van der Waals surface area contributed by atoms with Crippen LogP contribution in [0.15, 0.2) is 10.2 Å². The van der Waals surface area contributed by atoms with Crippen molar-refractivity contribution in [2.75, 3.05) is 0 Å². The van der Waals surface area contributed by atoms with Crippen LogP contribution in [0.2, 0.25) is 0 Å². The van der Waals surface area contributed by atoms with Gasteiger partial charge in [-0.25, -0.2) is 0 Å². The van der Waals surface area contributed by atoms with Gasteiger partial charge in [-0.05, 0) is 37.5 Å². The number of amides is 2. The molecule has 2 N–H and O–H groups in total. The van der Waals surface area contributed by atoms with E-state index in [0.717, 1.165) is 43.6 Å². The molecule has 0 aromatic carbocycles. The summed E-state index contributed by atoms with van der Waals surface area (Å²) >= 11 is 0. The van der Waals surface area contributed by atoms with E-state index >= 15 is 0 Å². The molecule has 0 saturated carbocycles. The van der Waals surface area contributed by atoms with Gasteiger partial charge in [-0.2, -0.15) is 10.2 Å². The zero-order chi connectivity index (χ0) is 17.0. The van der Waals surface area contributed by atoms with Gasteiger partial charge in [0.2, 0.25) is 0 Å². The van der Waals surface area contributed by atoms with E-state index in [4.69, 9.17) is 5.73 Å². The summed E-state index contributed by atoms with van der Waals surface area (Å²) in [5.74, 6) is -1.44. The minimum absolute atomic E-state index is 0.265. The van der Waals surface area contributed by atoms with E-state index in [2.05, 4.69) is 37.9 Å². The fourth-order valence-corrected chi connectivity index (χ4v) is 2.06. The van der Waals surface area contributed by atoms with Crippen LogP contribution in [0, 0.1) is 11.8 Å². The average Bonchev–Trinajstić information content (AvgIpc) is 2.51. The van der Waals surface area contributed by atoms with E-state index in [1.807, 2.05) is 0 Å². The highest BCUT2D eigenvalue weighted by molar-refractivity contribution is 6.34. The minimum atomic E-state index is -1.05. The Morgan fingerprint density at radius 1 is 0.955 bits per heavy atom. The van der Waals surface area contributed by atoms with Crippen molar-refractivity contribution in [3.05, 3.63) is 0 Å². The molecule has 0 aromatic heterocycles. The number of rotatable bonds is 10. The molecular formula is C16H30N4O2. The number of nitrogens with two attached hydrogens (primary N) is 1. The third-order valence-electron chi connectivity index (χ3n) is 3.53. The van der Waals surface area contributed by atoms with Crippen LogP contribution in [0.3, 0.4) is 0 Å². The Morgan fingerprint density at radius 3 is 1.64 bits per heavy atom. The van der Waals surface area contributed by atoms with Gasteiger partial charge >= 0.3 is 11.8 Å². The van der Waals surface area contributed by atoms with Crippen molar-refractivity contribution in [3.8, 4) is 0 Å². The van der Waals surface area contributed by atoms with E-state index < -0.39 is 11.8 Å². The van der Waals surface area contributed by atoms with Gasteiger partial charge in [0.1, 0.15) is 0 Å². The van der Waals surface area contributed by atoms with Gasteiger partial charge in [0, 0.05) is 12.4 Å². The summed E-state index contributed by atoms with van der Waals surface area (Å²) in [5.41, 5.74) is 5.05. The predicted molar refractivity (Wildman–Crippen MR) is 90.4 cm³/mol. The number of carbonyl (C=O) groups is 2. The van der Waals surface area contributed by atoms with E-state index in [-0.39, 0.29) is 11.8 Å². The standard InChI is InChI=1S/C16H30N4O2/c1-5-9-13(7-3)11-18-20(16(22)15(17)21)19-12-14(8-4)10-6-2/h11-14H,5-10H2,1-4H3,(H2,17,21). The van der Waals surface area contributed by atoms with Crippen LogP contribution in [0.5, 0.6) is 0 Å². The molecule has 6 nitrogen and oxygen atoms in total. The molecule has 0 aliphatic heterocycles. The molecule has 2 atom stereocenters. The molecule has 6 heteroatoms. The Morgan fingerprint density at radius 2 is 1.36 bits per heavy atom. The van der Waals surface area contributed by atoms with E-state index in [0.29, 0.717) is 0 Å². The van der Waals surface area contributed by atoms with E-state index in [1.54, 1.807) is 12.4 Å². The summed E-state index contributed by atoms with van der Waals surface area (Å²) in [6.45, 7) is 8.31. The number of hydrazone groups is 2. The fourth-order valence-electron chi connectivity index (χ4n) is 2.06. The summed E-state index contributed by atoms with van der Waals surface area (Å²) in [5, 5.41) is 8.94. The minimum Gasteiger partial charge on any atom is -0.361 e. The van der Waals surface area contributed by atoms with Gasteiger partial charge in [-0.15, -0.1) is 5.12 Å². The van der Waals surface area contributed by atoms with Crippen molar-refractivity contribution < 1.29 is 9.59 Å². The lowest BCUT2D eigenvalue weighted by Crippen LogP contribution is -2.34. The molecular weight excluding hydrogens is 280 g/mol. The van der Waals surface area contributed by atoms with Crippen molar-refractivity contribution in [2.45, 2.75) is 66.2 Å². The molecule has 0 radical (unpaired) electrons. The number of carbonyl (C=O) groups excluding carboxylic acids is 2. The molecule has 2 amide bonds. The highest BCUT2D eigenvalue weighted by Crippen LogP contribution is 2.10. The first kappa shape index (κ1) is 20.3. The Hall–Kier alpha value is -1.72.